The Bertz CT molecular complexity index is 916. The van der Waals surface area contributed by atoms with Crippen LogP contribution in [-0.4, -0.2) is 71.9 Å². The molecule has 2 heterocycles. The van der Waals surface area contributed by atoms with Gasteiger partial charge < -0.3 is 15.0 Å². The van der Waals surface area contributed by atoms with Gasteiger partial charge in [0.2, 0.25) is 0 Å². The Morgan fingerprint density at radius 2 is 1.89 bits per heavy atom. The molecular formula is C19H23F3N4O2. The van der Waals surface area contributed by atoms with Crippen molar-refractivity contribution in [3.8, 4) is 5.75 Å². The molecule has 0 bridgehead atoms. The molecule has 152 valence electrons. The maximum atomic E-state index is 12.8. The number of aromatic amines is 1. The largest absolute Gasteiger partial charge is 0.506 e. The maximum absolute atomic E-state index is 12.8. The number of piperazine rings is 1. The summed E-state index contributed by atoms with van der Waals surface area (Å²) in [5.41, 5.74) is -1.68. The van der Waals surface area contributed by atoms with Crippen LogP contribution in [0.3, 0.4) is 0 Å². The molecule has 0 unspecified atom stereocenters. The minimum Gasteiger partial charge on any atom is -0.506 e. The number of nitrogens with zero attached hydrogens (tertiary/aromatic N) is 3. The molecule has 0 spiro atoms. The second-order valence-corrected chi connectivity index (χ2v) is 6.79. The minimum absolute atomic E-state index is 0.0527. The lowest BCUT2D eigenvalue weighted by atomic mass is 10.1. The molecule has 2 aromatic rings. The van der Waals surface area contributed by atoms with Crippen molar-refractivity contribution in [2.45, 2.75) is 13.1 Å². The molecule has 2 N–H and O–H groups in total. The van der Waals surface area contributed by atoms with Gasteiger partial charge in [0.25, 0.3) is 5.56 Å². The highest BCUT2D eigenvalue weighted by Gasteiger charge is 2.30. The van der Waals surface area contributed by atoms with E-state index in [9.17, 15) is 23.1 Å². The smallest absolute Gasteiger partial charge is 0.416 e. The first-order valence-corrected chi connectivity index (χ1v) is 9.20. The van der Waals surface area contributed by atoms with Gasteiger partial charge in [-0.05, 0) is 24.7 Å². The molecule has 0 amide bonds. The molecular weight excluding hydrogens is 373 g/mol. The zero-order valence-corrected chi connectivity index (χ0v) is 15.6. The van der Waals surface area contributed by atoms with Crippen LogP contribution in [0.1, 0.15) is 18.1 Å². The van der Waals surface area contributed by atoms with E-state index < -0.39 is 17.3 Å². The third-order valence-electron chi connectivity index (χ3n) is 5.03. The molecule has 1 aromatic carbocycles. The van der Waals surface area contributed by atoms with Crippen LogP contribution < -0.4 is 5.56 Å². The van der Waals surface area contributed by atoms with Gasteiger partial charge in [0.15, 0.2) is 0 Å². The first-order chi connectivity index (χ1) is 13.3. The highest BCUT2D eigenvalue weighted by Crippen LogP contribution is 2.33. The third-order valence-corrected chi connectivity index (χ3v) is 5.03. The van der Waals surface area contributed by atoms with Crippen molar-refractivity contribution in [1.82, 2.24) is 14.8 Å². The zero-order valence-electron chi connectivity index (χ0n) is 15.6. The van der Waals surface area contributed by atoms with Gasteiger partial charge in [-0.15, -0.1) is 0 Å². The molecule has 28 heavy (non-hydrogen) atoms. The van der Waals surface area contributed by atoms with E-state index in [0.29, 0.717) is 6.54 Å². The fourth-order valence-corrected chi connectivity index (χ4v) is 3.28. The lowest BCUT2D eigenvalue weighted by Crippen LogP contribution is -2.46. The summed E-state index contributed by atoms with van der Waals surface area (Å²) in [5, 5.41) is 10.5. The molecule has 0 saturated carbocycles. The number of halogens is 3. The average Bonchev–Trinajstić information content (AvgIpc) is 2.66. The van der Waals surface area contributed by atoms with Crippen LogP contribution >= 0.6 is 0 Å². The molecule has 1 aliphatic heterocycles. The van der Waals surface area contributed by atoms with E-state index in [1.807, 2.05) is 0 Å². The molecule has 1 saturated heterocycles. The summed E-state index contributed by atoms with van der Waals surface area (Å²) in [6, 6.07) is 2.83. The highest BCUT2D eigenvalue weighted by atomic mass is 19.4. The third kappa shape index (κ3) is 4.53. The number of alkyl halides is 3. The average molecular weight is 396 g/mol. The topological polar surface area (TPSA) is 71.9 Å². The first-order valence-electron chi connectivity index (χ1n) is 9.20. The van der Waals surface area contributed by atoms with Crippen molar-refractivity contribution in [3.63, 3.8) is 0 Å². The fourth-order valence-electron chi connectivity index (χ4n) is 3.28. The number of H-pyrrole nitrogens is 1. The Kier molecular flexibility index (Phi) is 6.04. The second-order valence-electron chi connectivity index (χ2n) is 6.79. The Hall–Kier alpha value is -2.39. The fraction of sp³-hybridized carbons (Fsp3) is 0.474. The van der Waals surface area contributed by atoms with Gasteiger partial charge in [-0.2, -0.15) is 13.2 Å². The van der Waals surface area contributed by atoms with Crippen LogP contribution in [0.5, 0.6) is 5.75 Å². The molecule has 0 aliphatic carbocycles. The number of benzene rings is 1. The van der Waals surface area contributed by atoms with Crippen molar-refractivity contribution in [2.24, 2.45) is 4.99 Å². The minimum atomic E-state index is -4.52. The number of rotatable bonds is 5. The van der Waals surface area contributed by atoms with Crippen LogP contribution in [0.25, 0.3) is 10.9 Å². The standard InChI is InChI=1S/C19H23F3N4O2/c1-2-25-7-9-26(10-8-25)6-5-23-12-15-17(27)14-4-3-13(19(20,21)22)11-16(14)24-18(15)28/h3-4,11-12H,2,5-10H2,1H3,(H2,24,27,28). The van der Waals surface area contributed by atoms with E-state index in [2.05, 4.69) is 26.7 Å². The molecule has 6 nitrogen and oxygen atoms in total. The summed E-state index contributed by atoms with van der Waals surface area (Å²) in [5.74, 6) is -0.368. The van der Waals surface area contributed by atoms with Crippen LogP contribution in [0, 0.1) is 0 Å². The summed E-state index contributed by atoms with van der Waals surface area (Å²) in [7, 11) is 0. The SMILES string of the molecule is CCN1CCN(CCN=Cc2c(O)c3ccc(C(F)(F)F)cc3[nH]c2=O)CC1. The maximum Gasteiger partial charge on any atom is 0.416 e. The van der Waals surface area contributed by atoms with E-state index >= 15 is 0 Å². The summed E-state index contributed by atoms with van der Waals surface area (Å²) in [4.78, 5) is 23.4. The number of aromatic hydroxyl groups is 1. The number of aromatic nitrogens is 1. The van der Waals surface area contributed by atoms with Gasteiger partial charge in [-0.3, -0.25) is 14.7 Å². The predicted molar refractivity (Wildman–Crippen MR) is 102 cm³/mol. The monoisotopic (exact) mass is 396 g/mol. The normalized spacial score (nSPS) is 17.0. The zero-order chi connectivity index (χ0) is 20.3. The van der Waals surface area contributed by atoms with Gasteiger partial charge in [-0.1, -0.05) is 6.92 Å². The number of likely N-dealkylation sites (N-methyl/N-ethyl adjacent to an activating group) is 1. The lowest BCUT2D eigenvalue weighted by Gasteiger charge is -2.33. The first kappa shape index (κ1) is 20.3. The molecule has 1 fully saturated rings. The summed E-state index contributed by atoms with van der Waals surface area (Å²) < 4.78 is 38.4. The molecule has 0 radical (unpaired) electrons. The van der Waals surface area contributed by atoms with Gasteiger partial charge >= 0.3 is 6.18 Å². The highest BCUT2D eigenvalue weighted by molar-refractivity contribution is 5.94. The van der Waals surface area contributed by atoms with Crippen LogP contribution in [0.15, 0.2) is 28.0 Å². The molecule has 1 aliphatic rings. The predicted octanol–water partition coefficient (Wildman–Crippen LogP) is 2.31. The Labute approximate surface area is 160 Å². The van der Waals surface area contributed by atoms with Gasteiger partial charge in [0, 0.05) is 44.3 Å². The van der Waals surface area contributed by atoms with E-state index in [4.69, 9.17) is 0 Å². The quantitative estimate of drug-likeness (QED) is 0.761. The number of aliphatic imine (C=N–C) groups is 1. The Balaban J connectivity index is 1.71. The van der Waals surface area contributed by atoms with Crippen LogP contribution in [-0.2, 0) is 6.18 Å². The van der Waals surface area contributed by atoms with E-state index in [-0.39, 0.29) is 22.2 Å². The summed E-state index contributed by atoms with van der Waals surface area (Å²) >= 11 is 0. The van der Waals surface area contributed by atoms with Crippen molar-refractivity contribution >= 4 is 17.1 Å². The molecule has 0 atom stereocenters. The van der Waals surface area contributed by atoms with Gasteiger partial charge in [0.05, 0.1) is 23.2 Å². The van der Waals surface area contributed by atoms with Crippen molar-refractivity contribution in [1.29, 1.82) is 0 Å². The van der Waals surface area contributed by atoms with Crippen molar-refractivity contribution in [2.75, 3.05) is 45.8 Å². The van der Waals surface area contributed by atoms with E-state index in [0.717, 1.165) is 57.5 Å². The number of fused-ring (bicyclic) bond motifs is 1. The van der Waals surface area contributed by atoms with E-state index in [1.165, 1.54) is 6.21 Å². The molecule has 1 aromatic heterocycles. The van der Waals surface area contributed by atoms with Gasteiger partial charge in [-0.25, -0.2) is 0 Å². The number of hydrogen-bond acceptors (Lipinski definition) is 5. The number of hydrogen-bond donors (Lipinski definition) is 2. The second kappa shape index (κ2) is 8.32. The Morgan fingerprint density at radius 1 is 1.21 bits per heavy atom. The number of nitrogens with one attached hydrogen (secondary N) is 1. The molecule has 9 heteroatoms. The van der Waals surface area contributed by atoms with Crippen LogP contribution in [0.2, 0.25) is 0 Å². The molecule has 3 rings (SSSR count). The van der Waals surface area contributed by atoms with Crippen molar-refractivity contribution in [3.05, 3.63) is 39.7 Å². The lowest BCUT2D eigenvalue weighted by molar-refractivity contribution is -0.137. The number of pyridine rings is 1. The summed E-state index contributed by atoms with van der Waals surface area (Å²) in [6.45, 7) is 8.36. The van der Waals surface area contributed by atoms with E-state index in [1.54, 1.807) is 0 Å². The van der Waals surface area contributed by atoms with Gasteiger partial charge in [0.1, 0.15) is 5.75 Å². The van der Waals surface area contributed by atoms with Crippen molar-refractivity contribution < 1.29 is 18.3 Å². The Morgan fingerprint density at radius 3 is 2.54 bits per heavy atom. The summed E-state index contributed by atoms with van der Waals surface area (Å²) in [6.07, 6.45) is -3.24. The van der Waals surface area contributed by atoms with Crippen LogP contribution in [0.4, 0.5) is 13.2 Å².